The maximum absolute atomic E-state index is 11.6. The van der Waals surface area contributed by atoms with Crippen LogP contribution in [0.15, 0.2) is 12.2 Å². The molecule has 1 N–H and O–H groups in total. The van der Waals surface area contributed by atoms with Crippen molar-refractivity contribution < 1.29 is 9.53 Å². The Morgan fingerprint density at radius 2 is 2.00 bits per heavy atom. The van der Waals surface area contributed by atoms with Crippen molar-refractivity contribution in [2.24, 2.45) is 5.41 Å². The van der Waals surface area contributed by atoms with E-state index < -0.39 is 5.60 Å². The highest BCUT2D eigenvalue weighted by Crippen LogP contribution is 2.29. The molecular weight excluding hydrogens is 202 g/mol. The molecule has 0 spiro atoms. The summed E-state index contributed by atoms with van der Waals surface area (Å²) in [5.74, 6) is -0.261. The number of ether oxygens (including phenoxy) is 1. The summed E-state index contributed by atoms with van der Waals surface area (Å²) in [5.41, 5.74) is 0.496. The molecule has 0 unspecified atom stereocenters. The van der Waals surface area contributed by atoms with Crippen molar-refractivity contribution in [1.82, 2.24) is 5.32 Å². The van der Waals surface area contributed by atoms with Crippen LogP contribution in [-0.2, 0) is 9.53 Å². The molecule has 3 heteroatoms. The lowest BCUT2D eigenvalue weighted by atomic mass is 9.79. The fourth-order valence-corrected chi connectivity index (χ4v) is 1.63. The van der Waals surface area contributed by atoms with E-state index in [2.05, 4.69) is 18.8 Å². The molecule has 1 fully saturated rings. The van der Waals surface area contributed by atoms with E-state index in [1.807, 2.05) is 20.8 Å². The topological polar surface area (TPSA) is 38.3 Å². The molecule has 0 atom stereocenters. The first-order valence-corrected chi connectivity index (χ1v) is 5.84. The van der Waals surface area contributed by atoms with Crippen molar-refractivity contribution in [3.63, 3.8) is 0 Å². The highest BCUT2D eigenvalue weighted by Gasteiger charge is 2.31. The number of esters is 1. The van der Waals surface area contributed by atoms with Gasteiger partial charge in [0.1, 0.15) is 5.60 Å². The number of carbonyl (C=O) groups is 1. The molecule has 1 heterocycles. The SMILES string of the molecule is C=C(CCC1(C)CNC1)C(=O)OC(C)(C)C. The first kappa shape index (κ1) is 13.2. The zero-order valence-corrected chi connectivity index (χ0v) is 10.9. The summed E-state index contributed by atoms with van der Waals surface area (Å²) < 4.78 is 5.26. The summed E-state index contributed by atoms with van der Waals surface area (Å²) in [4.78, 5) is 11.6. The fourth-order valence-electron chi connectivity index (χ4n) is 1.63. The van der Waals surface area contributed by atoms with Crippen molar-refractivity contribution in [2.75, 3.05) is 13.1 Å². The van der Waals surface area contributed by atoms with Crippen LogP contribution in [0.25, 0.3) is 0 Å². The van der Waals surface area contributed by atoms with Crippen LogP contribution < -0.4 is 5.32 Å². The first-order chi connectivity index (χ1) is 7.22. The van der Waals surface area contributed by atoms with Crippen LogP contribution in [0, 0.1) is 5.41 Å². The van der Waals surface area contributed by atoms with Crippen LogP contribution in [0.3, 0.4) is 0 Å². The monoisotopic (exact) mass is 225 g/mol. The van der Waals surface area contributed by atoms with E-state index in [0.29, 0.717) is 11.0 Å². The van der Waals surface area contributed by atoms with Crippen LogP contribution in [-0.4, -0.2) is 24.7 Å². The molecular formula is C13H23NO2. The summed E-state index contributed by atoms with van der Waals surface area (Å²) in [6.07, 6.45) is 1.73. The van der Waals surface area contributed by atoms with Crippen LogP contribution in [0.1, 0.15) is 40.5 Å². The van der Waals surface area contributed by atoms with Gasteiger partial charge in [0.25, 0.3) is 0 Å². The molecule has 0 radical (unpaired) electrons. The summed E-state index contributed by atoms with van der Waals surface area (Å²) in [5, 5.41) is 3.25. The van der Waals surface area contributed by atoms with Crippen molar-refractivity contribution >= 4 is 5.97 Å². The molecule has 0 aromatic rings. The lowest BCUT2D eigenvalue weighted by molar-refractivity contribution is -0.150. The van der Waals surface area contributed by atoms with E-state index in [0.717, 1.165) is 25.9 Å². The zero-order chi connectivity index (χ0) is 12.4. The van der Waals surface area contributed by atoms with Gasteiger partial charge in [-0.2, -0.15) is 0 Å². The Morgan fingerprint density at radius 1 is 1.44 bits per heavy atom. The van der Waals surface area contributed by atoms with E-state index in [9.17, 15) is 4.79 Å². The lowest BCUT2D eigenvalue weighted by Gasteiger charge is -2.39. The Morgan fingerprint density at radius 3 is 2.38 bits per heavy atom. The van der Waals surface area contributed by atoms with Gasteiger partial charge < -0.3 is 10.1 Å². The number of rotatable bonds is 4. The van der Waals surface area contributed by atoms with Gasteiger partial charge in [-0.15, -0.1) is 0 Å². The minimum atomic E-state index is -0.429. The van der Waals surface area contributed by atoms with Gasteiger partial charge in [0.2, 0.25) is 0 Å². The lowest BCUT2D eigenvalue weighted by Crippen LogP contribution is -2.51. The second-order valence-corrected chi connectivity index (χ2v) is 6.02. The molecule has 0 saturated carbocycles. The number of hydrogen-bond acceptors (Lipinski definition) is 3. The molecule has 92 valence electrons. The molecule has 0 bridgehead atoms. The molecule has 1 aliphatic heterocycles. The third-order valence-electron chi connectivity index (χ3n) is 2.82. The standard InChI is InChI=1S/C13H23NO2/c1-10(11(15)16-12(2,3)4)6-7-13(5)8-14-9-13/h14H,1,6-9H2,2-5H3. The van der Waals surface area contributed by atoms with E-state index in [1.165, 1.54) is 0 Å². The smallest absolute Gasteiger partial charge is 0.333 e. The Hall–Kier alpha value is -0.830. The van der Waals surface area contributed by atoms with Crippen LogP contribution in [0.4, 0.5) is 0 Å². The predicted octanol–water partition coefficient (Wildman–Crippen LogP) is 2.27. The molecule has 16 heavy (non-hydrogen) atoms. The maximum atomic E-state index is 11.6. The van der Waals surface area contributed by atoms with Crippen molar-refractivity contribution in [3.8, 4) is 0 Å². The predicted molar refractivity (Wildman–Crippen MR) is 65.2 cm³/mol. The van der Waals surface area contributed by atoms with E-state index in [1.54, 1.807) is 0 Å². The summed E-state index contributed by atoms with van der Waals surface area (Å²) >= 11 is 0. The third-order valence-corrected chi connectivity index (χ3v) is 2.82. The van der Waals surface area contributed by atoms with Crippen molar-refractivity contribution in [1.29, 1.82) is 0 Å². The summed E-state index contributed by atoms with van der Waals surface area (Å²) in [7, 11) is 0. The Balaban J connectivity index is 2.32. The molecule has 0 aliphatic carbocycles. The van der Waals surface area contributed by atoms with Crippen LogP contribution in [0.5, 0.6) is 0 Å². The molecule has 3 nitrogen and oxygen atoms in total. The molecule has 1 aliphatic rings. The number of nitrogens with one attached hydrogen (secondary N) is 1. The molecule has 0 amide bonds. The van der Waals surface area contributed by atoms with Gasteiger partial charge in [-0.05, 0) is 39.0 Å². The highest BCUT2D eigenvalue weighted by atomic mass is 16.6. The van der Waals surface area contributed by atoms with Crippen molar-refractivity contribution in [3.05, 3.63) is 12.2 Å². The molecule has 1 rings (SSSR count). The Bertz CT molecular complexity index is 285. The second kappa shape index (κ2) is 4.58. The second-order valence-electron chi connectivity index (χ2n) is 6.02. The minimum Gasteiger partial charge on any atom is -0.457 e. The van der Waals surface area contributed by atoms with Gasteiger partial charge in [0, 0.05) is 18.7 Å². The minimum absolute atomic E-state index is 0.261. The maximum Gasteiger partial charge on any atom is 0.333 e. The van der Waals surface area contributed by atoms with Crippen molar-refractivity contribution in [2.45, 2.75) is 46.1 Å². The third kappa shape index (κ3) is 3.97. The van der Waals surface area contributed by atoms with Gasteiger partial charge in [-0.1, -0.05) is 13.5 Å². The van der Waals surface area contributed by atoms with E-state index in [-0.39, 0.29) is 5.97 Å². The Labute approximate surface area is 98.2 Å². The van der Waals surface area contributed by atoms with Gasteiger partial charge in [-0.25, -0.2) is 4.79 Å². The number of hydrogen-bond donors (Lipinski definition) is 1. The van der Waals surface area contributed by atoms with Crippen LogP contribution >= 0.6 is 0 Å². The van der Waals surface area contributed by atoms with Gasteiger partial charge >= 0.3 is 5.97 Å². The van der Waals surface area contributed by atoms with E-state index >= 15 is 0 Å². The fraction of sp³-hybridized carbons (Fsp3) is 0.769. The molecule has 1 saturated heterocycles. The average Bonchev–Trinajstić information content (AvgIpc) is 2.08. The summed E-state index contributed by atoms with van der Waals surface area (Å²) in [6, 6.07) is 0. The number of carbonyl (C=O) groups excluding carboxylic acids is 1. The quantitative estimate of drug-likeness (QED) is 0.589. The largest absolute Gasteiger partial charge is 0.457 e. The summed E-state index contributed by atoms with van der Waals surface area (Å²) in [6.45, 7) is 13.7. The van der Waals surface area contributed by atoms with Gasteiger partial charge in [0.15, 0.2) is 0 Å². The zero-order valence-electron chi connectivity index (χ0n) is 10.9. The molecule has 0 aromatic carbocycles. The van der Waals surface area contributed by atoms with Gasteiger partial charge in [0.05, 0.1) is 0 Å². The first-order valence-electron chi connectivity index (χ1n) is 5.84. The van der Waals surface area contributed by atoms with E-state index in [4.69, 9.17) is 4.74 Å². The van der Waals surface area contributed by atoms with Gasteiger partial charge in [-0.3, -0.25) is 0 Å². The average molecular weight is 225 g/mol. The highest BCUT2D eigenvalue weighted by molar-refractivity contribution is 5.87. The van der Waals surface area contributed by atoms with Crippen LogP contribution in [0.2, 0.25) is 0 Å². The molecule has 0 aromatic heterocycles. The Kier molecular flexibility index (Phi) is 3.79. The normalized spacial score (nSPS) is 18.8.